The number of hydrogen-bond acceptors (Lipinski definition) is 2. The molecule has 2 bridgehead atoms. The Morgan fingerprint density at radius 2 is 2.04 bits per heavy atom. The van der Waals surface area contributed by atoms with Crippen molar-refractivity contribution in [2.75, 3.05) is 5.32 Å². The van der Waals surface area contributed by atoms with Crippen LogP contribution >= 0.6 is 0 Å². The van der Waals surface area contributed by atoms with E-state index < -0.39 is 0 Å². The van der Waals surface area contributed by atoms with Crippen LogP contribution < -0.4 is 5.32 Å². The number of hydrogen-bond donors (Lipinski definition) is 1. The molecule has 4 rings (SSSR count). The molecule has 3 atom stereocenters. The van der Waals surface area contributed by atoms with Crippen LogP contribution in [-0.4, -0.2) is 11.7 Å². The van der Waals surface area contributed by atoms with E-state index >= 15 is 0 Å². The largest absolute Gasteiger partial charge is 0.443 e. The van der Waals surface area contributed by atoms with Crippen molar-refractivity contribution in [3.05, 3.63) is 42.5 Å². The van der Waals surface area contributed by atoms with E-state index in [4.69, 9.17) is 4.74 Å². The summed E-state index contributed by atoms with van der Waals surface area (Å²) in [7, 11) is 0. The van der Waals surface area contributed by atoms with Crippen molar-refractivity contribution >= 4 is 22.6 Å². The van der Waals surface area contributed by atoms with Gasteiger partial charge in [0.25, 0.3) is 0 Å². The Balaban J connectivity index is 1.51. The van der Waals surface area contributed by atoms with Crippen molar-refractivity contribution in [3.8, 4) is 0 Å². The first-order valence-electron chi connectivity index (χ1n) is 9.65. The molecule has 0 aliphatic heterocycles. The summed E-state index contributed by atoms with van der Waals surface area (Å²) in [6.45, 7) is 2.26. The first kappa shape index (κ1) is 16.4. The summed E-state index contributed by atoms with van der Waals surface area (Å²) < 4.78 is 6.08. The number of amides is 1. The highest BCUT2D eigenvalue weighted by atomic mass is 16.6. The number of nitrogens with one attached hydrogen (secondary N) is 1. The molecule has 1 amide bonds. The van der Waals surface area contributed by atoms with Crippen LogP contribution in [0.3, 0.4) is 0 Å². The van der Waals surface area contributed by atoms with E-state index in [0.29, 0.717) is 5.92 Å². The van der Waals surface area contributed by atoms with Crippen molar-refractivity contribution in [2.45, 2.75) is 57.5 Å². The maximum absolute atomic E-state index is 12.7. The molecule has 0 spiro atoms. The molecule has 0 heterocycles. The molecule has 2 aromatic carbocycles. The smallest absolute Gasteiger partial charge is 0.412 e. The molecule has 132 valence electrons. The lowest BCUT2D eigenvalue weighted by atomic mass is 9.64. The number of carbonyl (C=O) groups is 1. The van der Waals surface area contributed by atoms with Gasteiger partial charge < -0.3 is 4.74 Å². The zero-order chi connectivity index (χ0) is 17.3. The summed E-state index contributed by atoms with van der Waals surface area (Å²) in [4.78, 5) is 12.7. The zero-order valence-corrected chi connectivity index (χ0v) is 15.0. The summed E-state index contributed by atoms with van der Waals surface area (Å²) in [6.07, 6.45) is 7.78. The Hall–Kier alpha value is -2.03. The molecule has 0 aromatic heterocycles. The molecule has 3 heteroatoms. The quantitative estimate of drug-likeness (QED) is 0.731. The highest BCUT2D eigenvalue weighted by molar-refractivity contribution is 6.00. The molecule has 2 fully saturated rings. The van der Waals surface area contributed by atoms with Gasteiger partial charge in [0.05, 0.1) is 5.69 Å². The zero-order valence-electron chi connectivity index (χ0n) is 15.0. The van der Waals surface area contributed by atoms with Gasteiger partial charge in [0.15, 0.2) is 0 Å². The minimum atomic E-state index is -0.297. The van der Waals surface area contributed by atoms with Crippen LogP contribution in [0.1, 0.15) is 51.9 Å². The molecule has 2 aromatic rings. The van der Waals surface area contributed by atoms with Crippen molar-refractivity contribution in [1.82, 2.24) is 0 Å². The number of benzene rings is 2. The summed E-state index contributed by atoms with van der Waals surface area (Å²) >= 11 is 0. The standard InChI is InChI=1S/C22H27NO2/c1-2-16-13-17-7-6-12-22(14-16,15-17)25-21(24)23-20-11-5-9-18-8-3-4-10-19(18)20/h3-5,8-11,16-17H,2,6-7,12-15H2,1H3,(H,23,24). The summed E-state index contributed by atoms with van der Waals surface area (Å²) in [5, 5.41) is 5.18. The van der Waals surface area contributed by atoms with Crippen LogP contribution in [0, 0.1) is 11.8 Å². The first-order valence-corrected chi connectivity index (χ1v) is 9.65. The Morgan fingerprint density at radius 3 is 2.92 bits per heavy atom. The van der Waals surface area contributed by atoms with E-state index in [2.05, 4.69) is 24.4 Å². The topological polar surface area (TPSA) is 38.3 Å². The normalized spacial score (nSPS) is 28.5. The van der Waals surface area contributed by atoms with Gasteiger partial charge in [-0.3, -0.25) is 5.32 Å². The lowest BCUT2D eigenvalue weighted by molar-refractivity contribution is -0.0714. The molecule has 3 nitrogen and oxygen atoms in total. The monoisotopic (exact) mass is 337 g/mol. The van der Waals surface area contributed by atoms with Crippen molar-refractivity contribution in [2.24, 2.45) is 11.8 Å². The molecule has 2 aliphatic carbocycles. The van der Waals surface area contributed by atoms with Crippen LogP contribution in [-0.2, 0) is 4.74 Å². The fourth-order valence-corrected chi connectivity index (χ4v) is 5.02. The first-order chi connectivity index (χ1) is 12.2. The third kappa shape index (κ3) is 3.37. The number of anilines is 1. The van der Waals surface area contributed by atoms with Gasteiger partial charge in [-0.1, -0.05) is 56.2 Å². The Bertz CT molecular complexity index is 766. The van der Waals surface area contributed by atoms with Crippen LogP contribution in [0.5, 0.6) is 0 Å². The van der Waals surface area contributed by atoms with Crippen LogP contribution in [0.2, 0.25) is 0 Å². The number of fused-ring (bicyclic) bond motifs is 3. The summed E-state index contributed by atoms with van der Waals surface area (Å²) in [5.41, 5.74) is 0.589. The average molecular weight is 337 g/mol. The van der Waals surface area contributed by atoms with Gasteiger partial charge in [0.1, 0.15) is 5.60 Å². The van der Waals surface area contributed by atoms with Crippen LogP contribution in [0.25, 0.3) is 10.8 Å². The van der Waals surface area contributed by atoms with E-state index in [1.54, 1.807) is 0 Å². The van der Waals surface area contributed by atoms with Crippen molar-refractivity contribution in [1.29, 1.82) is 0 Å². The van der Waals surface area contributed by atoms with E-state index in [0.717, 1.165) is 41.6 Å². The lowest BCUT2D eigenvalue weighted by Crippen LogP contribution is -2.46. The minimum absolute atomic E-state index is 0.240. The number of carbonyl (C=O) groups excluding carboxylic acids is 1. The SMILES string of the molecule is CCC1CC2CCCC(OC(=O)Nc3cccc4ccccc34)(C1)C2. The van der Waals surface area contributed by atoms with E-state index in [-0.39, 0.29) is 11.7 Å². The molecule has 2 aliphatic rings. The molecule has 2 saturated carbocycles. The highest BCUT2D eigenvalue weighted by Gasteiger charge is 2.45. The van der Waals surface area contributed by atoms with E-state index in [9.17, 15) is 4.79 Å². The number of rotatable bonds is 3. The predicted molar refractivity (Wildman–Crippen MR) is 102 cm³/mol. The highest BCUT2D eigenvalue weighted by Crippen LogP contribution is 2.48. The number of ether oxygens (including phenoxy) is 1. The third-order valence-electron chi connectivity index (χ3n) is 6.15. The van der Waals surface area contributed by atoms with E-state index in [1.165, 1.54) is 25.7 Å². The van der Waals surface area contributed by atoms with Gasteiger partial charge >= 0.3 is 6.09 Å². The Morgan fingerprint density at radius 1 is 1.20 bits per heavy atom. The second-order valence-corrected chi connectivity index (χ2v) is 7.90. The molecule has 25 heavy (non-hydrogen) atoms. The predicted octanol–water partition coefficient (Wildman–Crippen LogP) is 6.14. The maximum Gasteiger partial charge on any atom is 0.412 e. The molecular weight excluding hydrogens is 310 g/mol. The second kappa shape index (κ2) is 6.70. The Labute approximate surface area is 149 Å². The molecule has 1 N–H and O–H groups in total. The molecule has 0 radical (unpaired) electrons. The molecule has 3 unspecified atom stereocenters. The molecule has 0 saturated heterocycles. The van der Waals surface area contributed by atoms with Crippen molar-refractivity contribution in [3.63, 3.8) is 0 Å². The van der Waals surface area contributed by atoms with Gasteiger partial charge in [-0.2, -0.15) is 0 Å². The van der Waals surface area contributed by atoms with Gasteiger partial charge in [0, 0.05) is 5.39 Å². The van der Waals surface area contributed by atoms with Gasteiger partial charge in [0.2, 0.25) is 0 Å². The maximum atomic E-state index is 12.7. The minimum Gasteiger partial charge on any atom is -0.443 e. The summed E-state index contributed by atoms with van der Waals surface area (Å²) in [6, 6.07) is 14.1. The third-order valence-corrected chi connectivity index (χ3v) is 6.15. The fraction of sp³-hybridized carbons (Fsp3) is 0.500. The second-order valence-electron chi connectivity index (χ2n) is 7.90. The van der Waals surface area contributed by atoms with Gasteiger partial charge in [-0.05, 0) is 55.4 Å². The molecular formula is C22H27NO2. The lowest BCUT2D eigenvalue weighted by Gasteiger charge is -2.47. The van der Waals surface area contributed by atoms with Gasteiger partial charge in [-0.15, -0.1) is 0 Å². The average Bonchev–Trinajstić information content (AvgIpc) is 2.61. The summed E-state index contributed by atoms with van der Waals surface area (Å²) in [5.74, 6) is 1.43. The Kier molecular flexibility index (Phi) is 4.41. The van der Waals surface area contributed by atoms with Crippen LogP contribution in [0.4, 0.5) is 10.5 Å². The van der Waals surface area contributed by atoms with Gasteiger partial charge in [-0.25, -0.2) is 4.79 Å². The fourth-order valence-electron chi connectivity index (χ4n) is 5.02. The van der Waals surface area contributed by atoms with E-state index in [1.807, 2.05) is 30.3 Å². The van der Waals surface area contributed by atoms with Crippen molar-refractivity contribution < 1.29 is 9.53 Å². The van der Waals surface area contributed by atoms with Crippen LogP contribution in [0.15, 0.2) is 42.5 Å².